The van der Waals surface area contributed by atoms with E-state index in [1.165, 1.54) is 26.2 Å². The molecule has 0 fully saturated rings. The first-order valence-corrected chi connectivity index (χ1v) is 7.07. The van der Waals surface area contributed by atoms with Gasteiger partial charge in [-0.3, -0.25) is 4.79 Å². The number of carbonyl (C=O) groups is 2. The molecule has 1 aromatic carbocycles. The van der Waals surface area contributed by atoms with Gasteiger partial charge in [0.2, 0.25) is 5.76 Å². The van der Waals surface area contributed by atoms with Crippen LogP contribution in [0, 0.1) is 6.92 Å². The molecule has 8 heteroatoms. The van der Waals surface area contributed by atoms with E-state index in [1.807, 2.05) is 0 Å². The first kappa shape index (κ1) is 16.8. The van der Waals surface area contributed by atoms with Crippen LogP contribution in [-0.2, 0) is 9.53 Å². The van der Waals surface area contributed by atoms with E-state index in [4.69, 9.17) is 25.6 Å². The Morgan fingerprint density at radius 3 is 2.70 bits per heavy atom. The van der Waals surface area contributed by atoms with Crippen molar-refractivity contribution in [3.8, 4) is 5.75 Å². The Kier molecular flexibility index (Phi) is 5.23. The molecule has 1 heterocycles. The highest BCUT2D eigenvalue weighted by Gasteiger charge is 2.22. The second-order valence-corrected chi connectivity index (χ2v) is 5.15. The normalized spacial score (nSPS) is 11.7. The van der Waals surface area contributed by atoms with Crippen molar-refractivity contribution in [3.63, 3.8) is 0 Å². The molecule has 2 rings (SSSR count). The van der Waals surface area contributed by atoms with Crippen LogP contribution in [0.15, 0.2) is 28.8 Å². The maximum atomic E-state index is 12.1. The van der Waals surface area contributed by atoms with E-state index in [-0.39, 0.29) is 5.76 Å². The zero-order valence-electron chi connectivity index (χ0n) is 12.8. The van der Waals surface area contributed by atoms with Gasteiger partial charge in [-0.05, 0) is 32.0 Å². The fourth-order valence-electron chi connectivity index (χ4n) is 1.74. The topological polar surface area (TPSA) is 90.7 Å². The molecule has 1 aromatic heterocycles. The van der Waals surface area contributed by atoms with Gasteiger partial charge in [0.25, 0.3) is 5.91 Å². The summed E-state index contributed by atoms with van der Waals surface area (Å²) in [4.78, 5) is 24.0. The van der Waals surface area contributed by atoms with Gasteiger partial charge in [-0.2, -0.15) is 0 Å². The van der Waals surface area contributed by atoms with Crippen molar-refractivity contribution < 1.29 is 23.6 Å². The number of amides is 1. The van der Waals surface area contributed by atoms with Crippen LogP contribution in [0.2, 0.25) is 5.02 Å². The Morgan fingerprint density at radius 2 is 2.09 bits per heavy atom. The van der Waals surface area contributed by atoms with E-state index in [0.717, 1.165) is 0 Å². The maximum Gasteiger partial charge on any atom is 0.377 e. The van der Waals surface area contributed by atoms with Gasteiger partial charge in [0.15, 0.2) is 6.10 Å². The summed E-state index contributed by atoms with van der Waals surface area (Å²) in [5.74, 6) is -0.934. The molecule has 0 saturated carbocycles. The summed E-state index contributed by atoms with van der Waals surface area (Å²) < 4.78 is 14.9. The lowest BCUT2D eigenvalue weighted by molar-refractivity contribution is -0.123. The molecule has 23 heavy (non-hydrogen) atoms. The summed E-state index contributed by atoms with van der Waals surface area (Å²) in [6, 6.07) is 6.21. The Hall–Kier alpha value is -2.54. The molecule has 0 saturated heterocycles. The van der Waals surface area contributed by atoms with Crippen molar-refractivity contribution in [1.82, 2.24) is 5.16 Å². The number of anilines is 1. The summed E-state index contributed by atoms with van der Waals surface area (Å²) in [6.07, 6.45) is -1.04. The highest BCUT2D eigenvalue weighted by molar-refractivity contribution is 6.31. The molecule has 0 radical (unpaired) electrons. The minimum absolute atomic E-state index is 0.0671. The van der Waals surface area contributed by atoms with Crippen LogP contribution >= 0.6 is 11.6 Å². The molecule has 0 bridgehead atoms. The second-order valence-electron chi connectivity index (χ2n) is 4.71. The zero-order chi connectivity index (χ0) is 17.0. The van der Waals surface area contributed by atoms with E-state index in [1.54, 1.807) is 19.1 Å². The number of hydrogen-bond acceptors (Lipinski definition) is 6. The average Bonchev–Trinajstić information content (AvgIpc) is 2.94. The van der Waals surface area contributed by atoms with Gasteiger partial charge >= 0.3 is 5.97 Å². The Morgan fingerprint density at radius 1 is 1.35 bits per heavy atom. The molecule has 0 aliphatic carbocycles. The number of rotatable bonds is 5. The van der Waals surface area contributed by atoms with Gasteiger partial charge < -0.3 is 19.3 Å². The van der Waals surface area contributed by atoms with E-state index in [9.17, 15) is 9.59 Å². The molecule has 1 amide bonds. The number of aryl methyl sites for hydroxylation is 1. The number of aromatic nitrogens is 1. The standard InChI is InChI=1S/C15H15ClN2O5/c1-8-6-13(23-18-8)15(20)22-9(2)14(19)17-11-7-10(16)4-5-12(11)21-3/h4-7,9H,1-3H3,(H,17,19)/t9-/m1/s1. The molecular weight excluding hydrogens is 324 g/mol. The van der Waals surface area contributed by atoms with Crippen LogP contribution < -0.4 is 10.1 Å². The van der Waals surface area contributed by atoms with Crippen molar-refractivity contribution in [2.24, 2.45) is 0 Å². The van der Waals surface area contributed by atoms with Crippen molar-refractivity contribution in [1.29, 1.82) is 0 Å². The van der Waals surface area contributed by atoms with E-state index in [2.05, 4.69) is 10.5 Å². The smallest absolute Gasteiger partial charge is 0.377 e. The Balaban J connectivity index is 2.03. The van der Waals surface area contributed by atoms with Crippen LogP contribution in [0.5, 0.6) is 5.75 Å². The van der Waals surface area contributed by atoms with Crippen molar-refractivity contribution in [3.05, 3.63) is 40.7 Å². The number of methoxy groups -OCH3 is 1. The van der Waals surface area contributed by atoms with Crippen LogP contribution in [-0.4, -0.2) is 30.2 Å². The van der Waals surface area contributed by atoms with Gasteiger partial charge in [0.05, 0.1) is 18.5 Å². The number of esters is 1. The minimum Gasteiger partial charge on any atom is -0.495 e. The van der Waals surface area contributed by atoms with E-state index >= 15 is 0 Å². The monoisotopic (exact) mass is 338 g/mol. The number of halogens is 1. The first-order valence-electron chi connectivity index (χ1n) is 6.69. The van der Waals surface area contributed by atoms with Gasteiger partial charge in [-0.25, -0.2) is 4.79 Å². The van der Waals surface area contributed by atoms with Crippen LogP contribution in [0.25, 0.3) is 0 Å². The summed E-state index contributed by atoms with van der Waals surface area (Å²) in [5.41, 5.74) is 0.918. The zero-order valence-corrected chi connectivity index (χ0v) is 13.5. The quantitative estimate of drug-likeness (QED) is 0.843. The third-order valence-corrected chi connectivity index (χ3v) is 3.14. The number of benzene rings is 1. The van der Waals surface area contributed by atoms with Crippen molar-refractivity contribution in [2.45, 2.75) is 20.0 Å². The van der Waals surface area contributed by atoms with Crippen LogP contribution in [0.1, 0.15) is 23.2 Å². The molecule has 122 valence electrons. The number of carbonyl (C=O) groups excluding carboxylic acids is 2. The molecule has 0 unspecified atom stereocenters. The largest absolute Gasteiger partial charge is 0.495 e. The minimum atomic E-state index is -1.04. The lowest BCUT2D eigenvalue weighted by Gasteiger charge is -2.14. The Labute approximate surface area is 137 Å². The number of ether oxygens (including phenoxy) is 2. The highest BCUT2D eigenvalue weighted by Crippen LogP contribution is 2.27. The molecular formula is C15H15ClN2O5. The third kappa shape index (κ3) is 4.23. The predicted molar refractivity (Wildman–Crippen MR) is 82.8 cm³/mol. The lowest BCUT2D eigenvalue weighted by Crippen LogP contribution is -2.30. The summed E-state index contributed by atoms with van der Waals surface area (Å²) in [5, 5.41) is 6.61. The molecule has 0 spiro atoms. The van der Waals surface area contributed by atoms with Crippen LogP contribution in [0.3, 0.4) is 0 Å². The predicted octanol–water partition coefficient (Wildman–Crippen LogP) is 2.83. The average molecular weight is 339 g/mol. The van der Waals surface area contributed by atoms with Gasteiger partial charge in [-0.1, -0.05) is 16.8 Å². The van der Waals surface area contributed by atoms with Crippen LogP contribution in [0.4, 0.5) is 5.69 Å². The number of hydrogen-bond donors (Lipinski definition) is 1. The second kappa shape index (κ2) is 7.15. The lowest BCUT2D eigenvalue weighted by atomic mass is 10.2. The maximum absolute atomic E-state index is 12.1. The van der Waals surface area contributed by atoms with Gasteiger partial charge in [0, 0.05) is 11.1 Å². The third-order valence-electron chi connectivity index (χ3n) is 2.90. The number of nitrogens with one attached hydrogen (secondary N) is 1. The molecule has 1 atom stereocenters. The molecule has 7 nitrogen and oxygen atoms in total. The fraction of sp³-hybridized carbons (Fsp3) is 0.267. The molecule has 0 aliphatic rings. The van der Waals surface area contributed by atoms with Crippen molar-refractivity contribution >= 4 is 29.2 Å². The fourth-order valence-corrected chi connectivity index (χ4v) is 1.92. The summed E-state index contributed by atoms with van der Waals surface area (Å²) >= 11 is 5.89. The number of nitrogens with zero attached hydrogens (tertiary/aromatic N) is 1. The first-order chi connectivity index (χ1) is 10.9. The van der Waals surface area contributed by atoms with Gasteiger partial charge in [-0.15, -0.1) is 0 Å². The van der Waals surface area contributed by atoms with E-state index in [0.29, 0.717) is 22.2 Å². The molecule has 1 N–H and O–H groups in total. The molecule has 0 aliphatic heterocycles. The van der Waals surface area contributed by atoms with Gasteiger partial charge in [0.1, 0.15) is 5.75 Å². The highest BCUT2D eigenvalue weighted by atomic mass is 35.5. The molecule has 2 aromatic rings. The summed E-state index contributed by atoms with van der Waals surface area (Å²) in [6.45, 7) is 3.11. The Bertz CT molecular complexity index is 728. The van der Waals surface area contributed by atoms with E-state index < -0.39 is 18.0 Å². The SMILES string of the molecule is COc1ccc(Cl)cc1NC(=O)[C@@H](C)OC(=O)c1cc(C)no1. The van der Waals surface area contributed by atoms with Crippen molar-refractivity contribution in [2.75, 3.05) is 12.4 Å². The summed E-state index contributed by atoms with van der Waals surface area (Å²) in [7, 11) is 1.47.